The number of carbonyl (C=O) groups is 2. The first kappa shape index (κ1) is 14.1. The molecule has 2 aliphatic rings. The highest BCUT2D eigenvalue weighted by Gasteiger charge is 2.32. The number of thiophene rings is 1. The molecule has 21 heavy (non-hydrogen) atoms. The van der Waals surface area contributed by atoms with Crippen LogP contribution in [-0.4, -0.2) is 31.5 Å². The zero-order chi connectivity index (χ0) is 14.8. The molecule has 0 unspecified atom stereocenters. The Morgan fingerprint density at radius 3 is 3.05 bits per heavy atom. The lowest BCUT2D eigenvalue weighted by molar-refractivity contribution is 0.0526. The lowest BCUT2D eigenvalue weighted by atomic mass is 9.94. The van der Waals surface area contributed by atoms with Crippen LogP contribution in [0.4, 0.5) is 5.00 Å². The van der Waals surface area contributed by atoms with Crippen molar-refractivity contribution < 1.29 is 19.1 Å². The summed E-state index contributed by atoms with van der Waals surface area (Å²) >= 11 is 1.40. The smallest absolute Gasteiger partial charge is 0.341 e. The minimum atomic E-state index is -0.334. The molecule has 1 aliphatic heterocycles. The number of carbonyl (C=O) groups excluding carboxylic acids is 2. The molecule has 6 heteroatoms. The first-order chi connectivity index (χ1) is 10.2. The van der Waals surface area contributed by atoms with Crippen LogP contribution in [0, 0.1) is 0 Å². The van der Waals surface area contributed by atoms with Crippen LogP contribution in [0.3, 0.4) is 0 Å². The second-order valence-corrected chi connectivity index (χ2v) is 5.94. The Morgan fingerprint density at radius 1 is 1.48 bits per heavy atom. The van der Waals surface area contributed by atoms with E-state index in [0.29, 0.717) is 31.7 Å². The van der Waals surface area contributed by atoms with Crippen molar-refractivity contribution in [3.63, 3.8) is 0 Å². The predicted octanol–water partition coefficient (Wildman–Crippen LogP) is 2.75. The molecule has 2 heterocycles. The van der Waals surface area contributed by atoms with Gasteiger partial charge in [-0.1, -0.05) is 0 Å². The minimum Gasteiger partial charge on any atom is -0.498 e. The van der Waals surface area contributed by atoms with Crippen molar-refractivity contribution in [3.05, 3.63) is 28.5 Å². The fraction of sp³-hybridized carbons (Fsp3) is 0.467. The summed E-state index contributed by atoms with van der Waals surface area (Å²) in [5.74, 6) is -0.199. The highest BCUT2D eigenvalue weighted by atomic mass is 32.1. The summed E-state index contributed by atoms with van der Waals surface area (Å²) in [6.45, 7) is 3.34. The molecule has 5 nitrogen and oxygen atoms in total. The molecule has 1 aromatic heterocycles. The van der Waals surface area contributed by atoms with Gasteiger partial charge in [0.2, 0.25) is 0 Å². The van der Waals surface area contributed by atoms with Gasteiger partial charge in [0.15, 0.2) is 5.78 Å². The van der Waals surface area contributed by atoms with Crippen molar-refractivity contribution in [2.75, 3.05) is 24.7 Å². The van der Waals surface area contributed by atoms with Gasteiger partial charge in [-0.15, -0.1) is 11.3 Å². The van der Waals surface area contributed by atoms with E-state index in [1.54, 1.807) is 19.4 Å². The number of ether oxygens (including phenoxy) is 2. The number of hydrogen-bond acceptors (Lipinski definition) is 6. The van der Waals surface area contributed by atoms with Crippen molar-refractivity contribution in [2.45, 2.75) is 26.2 Å². The van der Waals surface area contributed by atoms with E-state index < -0.39 is 0 Å². The number of rotatable bonds is 3. The Kier molecular flexibility index (Phi) is 3.96. The lowest BCUT2D eigenvalue weighted by Gasteiger charge is -2.23. The first-order valence-corrected chi connectivity index (χ1v) is 7.95. The third-order valence-electron chi connectivity index (χ3n) is 3.60. The topological polar surface area (TPSA) is 55.8 Å². The summed E-state index contributed by atoms with van der Waals surface area (Å²) in [6, 6.07) is 0. The molecule has 0 fully saturated rings. The molecule has 0 saturated heterocycles. The van der Waals surface area contributed by atoms with E-state index >= 15 is 0 Å². The van der Waals surface area contributed by atoms with E-state index in [1.165, 1.54) is 11.3 Å². The zero-order valence-corrected chi connectivity index (χ0v) is 12.7. The number of ketones is 1. The maximum atomic E-state index is 12.3. The SMILES string of the molecule is CCOC(=O)c1c(N2C=COCC2)sc2c1CCCC2=O. The van der Waals surface area contributed by atoms with Crippen molar-refractivity contribution in [2.24, 2.45) is 0 Å². The largest absolute Gasteiger partial charge is 0.498 e. The highest BCUT2D eigenvalue weighted by molar-refractivity contribution is 7.18. The Hall–Kier alpha value is -1.82. The van der Waals surface area contributed by atoms with Gasteiger partial charge in [0.05, 0.1) is 29.9 Å². The number of fused-ring (bicyclic) bond motifs is 1. The summed E-state index contributed by atoms with van der Waals surface area (Å²) in [6.07, 6.45) is 5.54. The third kappa shape index (κ3) is 2.55. The second kappa shape index (κ2) is 5.89. The van der Waals surface area contributed by atoms with E-state index in [2.05, 4.69) is 0 Å². The van der Waals surface area contributed by atoms with E-state index in [1.807, 2.05) is 4.90 Å². The lowest BCUT2D eigenvalue weighted by Crippen LogP contribution is -2.25. The van der Waals surface area contributed by atoms with Crippen LogP contribution in [0.25, 0.3) is 0 Å². The summed E-state index contributed by atoms with van der Waals surface area (Å²) in [5, 5.41) is 0.799. The molecule has 0 radical (unpaired) electrons. The predicted molar refractivity (Wildman–Crippen MR) is 80.0 cm³/mol. The summed E-state index contributed by atoms with van der Waals surface area (Å²) in [5.41, 5.74) is 1.43. The quantitative estimate of drug-likeness (QED) is 0.804. The standard InChI is InChI=1S/C15H17NO4S/c1-2-20-15(18)12-10-4-3-5-11(17)13(10)21-14(12)16-6-8-19-9-7-16/h6,8H,2-5,7,9H2,1H3. The van der Waals surface area contributed by atoms with Gasteiger partial charge in [0.25, 0.3) is 0 Å². The molecule has 0 bridgehead atoms. The van der Waals surface area contributed by atoms with Crippen molar-refractivity contribution in [1.29, 1.82) is 0 Å². The molecule has 0 amide bonds. The fourth-order valence-corrected chi connectivity index (χ4v) is 3.96. The molecule has 1 aliphatic carbocycles. The van der Waals surface area contributed by atoms with Crippen LogP contribution in [0.2, 0.25) is 0 Å². The van der Waals surface area contributed by atoms with Gasteiger partial charge >= 0.3 is 5.97 Å². The van der Waals surface area contributed by atoms with Crippen LogP contribution in [-0.2, 0) is 15.9 Å². The number of anilines is 1. The average molecular weight is 307 g/mol. The molecule has 112 valence electrons. The molecule has 1 aromatic rings. The number of hydrogen-bond donors (Lipinski definition) is 0. The van der Waals surface area contributed by atoms with Crippen molar-refractivity contribution in [1.82, 2.24) is 0 Å². The number of nitrogens with zero attached hydrogens (tertiary/aromatic N) is 1. The van der Waals surface area contributed by atoms with E-state index in [4.69, 9.17) is 9.47 Å². The maximum Gasteiger partial charge on any atom is 0.341 e. The second-order valence-electron chi connectivity index (χ2n) is 4.94. The Morgan fingerprint density at radius 2 is 2.33 bits per heavy atom. The summed E-state index contributed by atoms with van der Waals surface area (Å²) < 4.78 is 10.4. The monoisotopic (exact) mass is 307 g/mol. The highest BCUT2D eigenvalue weighted by Crippen LogP contribution is 2.41. The van der Waals surface area contributed by atoms with E-state index in [0.717, 1.165) is 28.3 Å². The van der Waals surface area contributed by atoms with Gasteiger partial charge < -0.3 is 14.4 Å². The Bertz CT molecular complexity index is 605. The van der Waals surface area contributed by atoms with Crippen LogP contribution in [0.15, 0.2) is 12.5 Å². The van der Waals surface area contributed by atoms with Crippen LogP contribution in [0.1, 0.15) is 45.4 Å². The Labute approximate surface area is 127 Å². The zero-order valence-electron chi connectivity index (χ0n) is 11.9. The maximum absolute atomic E-state index is 12.3. The molecule has 0 spiro atoms. The van der Waals surface area contributed by atoms with Crippen molar-refractivity contribution >= 4 is 28.1 Å². The van der Waals surface area contributed by atoms with E-state index in [9.17, 15) is 9.59 Å². The fourth-order valence-electron chi connectivity index (χ4n) is 2.65. The summed E-state index contributed by atoms with van der Waals surface area (Å²) in [4.78, 5) is 27.1. The van der Waals surface area contributed by atoms with Crippen molar-refractivity contribution in [3.8, 4) is 0 Å². The van der Waals surface area contributed by atoms with Gasteiger partial charge in [-0.25, -0.2) is 4.79 Å². The first-order valence-electron chi connectivity index (χ1n) is 7.13. The number of esters is 1. The Balaban J connectivity index is 2.09. The molecular weight excluding hydrogens is 290 g/mol. The van der Waals surface area contributed by atoms with Crippen LogP contribution < -0.4 is 4.90 Å². The molecule has 0 saturated carbocycles. The normalized spacial score (nSPS) is 17.4. The molecule has 0 N–H and O–H groups in total. The molecule has 0 atom stereocenters. The minimum absolute atomic E-state index is 0.135. The molecular formula is C15H17NO4S. The number of Topliss-reactive ketones (excluding diaryl/α,β-unsaturated/α-hetero) is 1. The summed E-state index contributed by atoms with van der Waals surface area (Å²) in [7, 11) is 0. The van der Waals surface area contributed by atoms with Gasteiger partial charge in [-0.2, -0.15) is 0 Å². The van der Waals surface area contributed by atoms with Gasteiger partial charge in [-0.05, 0) is 25.3 Å². The molecule has 3 rings (SSSR count). The average Bonchev–Trinajstić information content (AvgIpc) is 2.89. The third-order valence-corrected chi connectivity index (χ3v) is 4.91. The van der Waals surface area contributed by atoms with Gasteiger partial charge in [0.1, 0.15) is 11.6 Å². The van der Waals surface area contributed by atoms with Gasteiger partial charge in [-0.3, -0.25) is 4.79 Å². The van der Waals surface area contributed by atoms with Gasteiger partial charge in [0, 0.05) is 12.6 Å². The van der Waals surface area contributed by atoms with E-state index in [-0.39, 0.29) is 11.8 Å². The van der Waals surface area contributed by atoms with Crippen LogP contribution in [0.5, 0.6) is 0 Å². The molecule has 0 aromatic carbocycles. The van der Waals surface area contributed by atoms with Crippen LogP contribution >= 0.6 is 11.3 Å².